The lowest BCUT2D eigenvalue weighted by atomic mass is 10.2. The van der Waals surface area contributed by atoms with E-state index in [0.29, 0.717) is 0 Å². The Morgan fingerprint density at radius 2 is 2.29 bits per heavy atom. The predicted octanol–water partition coefficient (Wildman–Crippen LogP) is -0.892. The third-order valence-corrected chi connectivity index (χ3v) is 2.79. The Balaban J connectivity index is 2.13. The van der Waals surface area contributed by atoms with Gasteiger partial charge in [0.25, 0.3) is 0 Å². The van der Waals surface area contributed by atoms with Gasteiger partial charge in [0.15, 0.2) is 5.96 Å². The zero-order valence-corrected chi connectivity index (χ0v) is 8.66. The molecule has 0 bridgehead atoms. The van der Waals surface area contributed by atoms with Crippen LogP contribution in [-0.4, -0.2) is 60.9 Å². The summed E-state index contributed by atoms with van der Waals surface area (Å²) in [6, 6.07) is -0.0944. The monoisotopic (exact) mass is 196 g/mol. The number of aliphatic imine (C=N–C) groups is 1. The van der Waals surface area contributed by atoms with Crippen LogP contribution in [-0.2, 0) is 4.79 Å². The van der Waals surface area contributed by atoms with Crippen LogP contribution >= 0.6 is 0 Å². The number of piperazine rings is 1. The Labute approximate surface area is 83.8 Å². The second-order valence-electron chi connectivity index (χ2n) is 3.76. The summed E-state index contributed by atoms with van der Waals surface area (Å²) in [6.07, 6.45) is 0. The minimum atomic E-state index is -0.0944. The van der Waals surface area contributed by atoms with E-state index in [4.69, 9.17) is 0 Å². The minimum absolute atomic E-state index is 0.0944. The molecule has 1 unspecified atom stereocenters. The molecule has 5 heteroatoms. The maximum absolute atomic E-state index is 11.4. The lowest BCUT2D eigenvalue weighted by Gasteiger charge is -2.36. The highest BCUT2D eigenvalue weighted by molar-refractivity contribution is 5.90. The highest BCUT2D eigenvalue weighted by Crippen LogP contribution is 2.10. The summed E-state index contributed by atoms with van der Waals surface area (Å²) in [7, 11) is 2.02. The molecule has 1 amide bonds. The maximum atomic E-state index is 11.4. The topological polar surface area (TPSA) is 47.9 Å². The number of hydrogen-bond acceptors (Lipinski definition) is 4. The first kappa shape index (κ1) is 9.30. The molecule has 2 aliphatic heterocycles. The van der Waals surface area contributed by atoms with Crippen molar-refractivity contribution in [3.63, 3.8) is 0 Å². The van der Waals surface area contributed by atoms with Gasteiger partial charge in [-0.05, 0) is 6.92 Å². The van der Waals surface area contributed by atoms with Crippen LogP contribution in [0.5, 0.6) is 0 Å². The van der Waals surface area contributed by atoms with Crippen LogP contribution in [0.1, 0.15) is 6.92 Å². The number of hydrogen-bond donors (Lipinski definition) is 1. The summed E-state index contributed by atoms with van der Waals surface area (Å²) in [5.41, 5.74) is 0. The van der Waals surface area contributed by atoms with E-state index in [1.54, 1.807) is 0 Å². The van der Waals surface area contributed by atoms with E-state index in [-0.39, 0.29) is 11.9 Å². The smallest absolute Gasteiger partial charge is 0.242 e. The van der Waals surface area contributed by atoms with Gasteiger partial charge in [-0.25, -0.2) is 0 Å². The summed E-state index contributed by atoms with van der Waals surface area (Å²) in [4.78, 5) is 20.0. The second kappa shape index (κ2) is 3.48. The summed E-state index contributed by atoms with van der Waals surface area (Å²) >= 11 is 0. The van der Waals surface area contributed by atoms with Gasteiger partial charge in [-0.15, -0.1) is 0 Å². The maximum Gasteiger partial charge on any atom is 0.242 e. The van der Waals surface area contributed by atoms with Gasteiger partial charge >= 0.3 is 0 Å². The van der Waals surface area contributed by atoms with Gasteiger partial charge in [0.05, 0.1) is 6.54 Å². The molecule has 2 rings (SSSR count). The molecule has 1 N–H and O–H groups in total. The number of carbonyl (C=O) groups is 1. The summed E-state index contributed by atoms with van der Waals surface area (Å²) in [5, 5.41) is 2.85. The first-order valence-corrected chi connectivity index (χ1v) is 5.00. The van der Waals surface area contributed by atoms with E-state index in [1.807, 2.05) is 14.0 Å². The van der Waals surface area contributed by atoms with Crippen molar-refractivity contribution >= 4 is 11.9 Å². The highest BCUT2D eigenvalue weighted by atomic mass is 16.2. The van der Waals surface area contributed by atoms with Crippen LogP contribution in [0, 0.1) is 0 Å². The number of likely N-dealkylation sites (N-methyl/N-ethyl adjacent to an activating group) is 1. The van der Waals surface area contributed by atoms with E-state index in [1.165, 1.54) is 0 Å². The van der Waals surface area contributed by atoms with Gasteiger partial charge < -0.3 is 15.1 Å². The molecule has 1 saturated heterocycles. The average Bonchev–Trinajstić information content (AvgIpc) is 2.57. The normalized spacial score (nSPS) is 27.7. The Hall–Kier alpha value is -1.26. The first-order valence-electron chi connectivity index (χ1n) is 5.00. The molecule has 0 spiro atoms. The Morgan fingerprint density at radius 3 is 2.93 bits per heavy atom. The minimum Gasteiger partial charge on any atom is -0.353 e. The Morgan fingerprint density at radius 1 is 1.50 bits per heavy atom. The van der Waals surface area contributed by atoms with Crippen LogP contribution in [0.3, 0.4) is 0 Å². The van der Waals surface area contributed by atoms with Crippen molar-refractivity contribution in [2.75, 3.05) is 33.2 Å². The third kappa shape index (κ3) is 1.42. The van der Waals surface area contributed by atoms with Crippen LogP contribution in [0.2, 0.25) is 0 Å². The van der Waals surface area contributed by atoms with Crippen molar-refractivity contribution in [1.29, 1.82) is 0 Å². The van der Waals surface area contributed by atoms with Crippen molar-refractivity contribution in [2.45, 2.75) is 13.0 Å². The van der Waals surface area contributed by atoms with Crippen LogP contribution < -0.4 is 5.32 Å². The number of amides is 1. The molecule has 78 valence electrons. The fourth-order valence-corrected chi connectivity index (χ4v) is 1.89. The molecular formula is C9H16N4O. The fourth-order valence-electron chi connectivity index (χ4n) is 1.89. The molecule has 1 fully saturated rings. The molecule has 0 aliphatic carbocycles. The first-order chi connectivity index (χ1) is 6.70. The van der Waals surface area contributed by atoms with E-state index >= 15 is 0 Å². The lowest BCUT2D eigenvalue weighted by molar-refractivity contribution is -0.126. The van der Waals surface area contributed by atoms with Crippen LogP contribution in [0.4, 0.5) is 0 Å². The average molecular weight is 196 g/mol. The summed E-state index contributed by atoms with van der Waals surface area (Å²) in [6.45, 7) is 5.30. The second-order valence-corrected chi connectivity index (χ2v) is 3.76. The third-order valence-electron chi connectivity index (χ3n) is 2.79. The molecule has 0 aromatic carbocycles. The Kier molecular flexibility index (Phi) is 2.31. The predicted molar refractivity (Wildman–Crippen MR) is 54.1 cm³/mol. The molecule has 0 aromatic rings. The highest BCUT2D eigenvalue weighted by Gasteiger charge is 2.30. The van der Waals surface area contributed by atoms with Gasteiger partial charge in [0, 0.05) is 26.7 Å². The van der Waals surface area contributed by atoms with Crippen LogP contribution in [0.15, 0.2) is 4.99 Å². The summed E-state index contributed by atoms with van der Waals surface area (Å²) < 4.78 is 0. The number of rotatable bonds is 0. The molecule has 2 aliphatic rings. The van der Waals surface area contributed by atoms with Crippen molar-refractivity contribution < 1.29 is 4.79 Å². The van der Waals surface area contributed by atoms with Gasteiger partial charge in [0.2, 0.25) is 5.91 Å². The largest absolute Gasteiger partial charge is 0.353 e. The fraction of sp³-hybridized carbons (Fsp3) is 0.778. The summed E-state index contributed by atoms with van der Waals surface area (Å²) in [5.74, 6) is 1.06. The lowest BCUT2D eigenvalue weighted by Crippen LogP contribution is -2.58. The van der Waals surface area contributed by atoms with Gasteiger partial charge in [-0.3, -0.25) is 9.79 Å². The quantitative estimate of drug-likeness (QED) is 0.546. The van der Waals surface area contributed by atoms with E-state index in [2.05, 4.69) is 20.1 Å². The molecule has 2 heterocycles. The van der Waals surface area contributed by atoms with Crippen molar-refractivity contribution in [1.82, 2.24) is 15.1 Å². The SMILES string of the molecule is CC1C(=O)NCCN1C1=NCCN1C. The molecule has 0 saturated carbocycles. The van der Waals surface area contributed by atoms with E-state index in [9.17, 15) is 4.79 Å². The zero-order valence-electron chi connectivity index (χ0n) is 8.66. The van der Waals surface area contributed by atoms with Gasteiger partial charge in [0.1, 0.15) is 6.04 Å². The number of carbonyl (C=O) groups excluding carboxylic acids is 1. The molecule has 0 radical (unpaired) electrons. The molecule has 5 nitrogen and oxygen atoms in total. The van der Waals surface area contributed by atoms with E-state index in [0.717, 1.165) is 32.1 Å². The van der Waals surface area contributed by atoms with Gasteiger partial charge in [-0.2, -0.15) is 0 Å². The zero-order chi connectivity index (χ0) is 10.1. The van der Waals surface area contributed by atoms with Crippen molar-refractivity contribution in [3.8, 4) is 0 Å². The molecular weight excluding hydrogens is 180 g/mol. The number of nitrogens with zero attached hydrogens (tertiary/aromatic N) is 3. The molecule has 1 atom stereocenters. The molecule has 14 heavy (non-hydrogen) atoms. The molecule has 0 aromatic heterocycles. The number of nitrogens with one attached hydrogen (secondary N) is 1. The van der Waals surface area contributed by atoms with Crippen molar-refractivity contribution in [2.24, 2.45) is 4.99 Å². The number of guanidine groups is 1. The van der Waals surface area contributed by atoms with E-state index < -0.39 is 0 Å². The standard InChI is InChI=1S/C9H16N4O/c1-7-8(14)10-4-6-13(7)9-11-3-5-12(9)2/h7H,3-6H2,1-2H3,(H,10,14). The Bertz CT molecular complexity index is 276. The van der Waals surface area contributed by atoms with Gasteiger partial charge in [-0.1, -0.05) is 0 Å². The van der Waals surface area contributed by atoms with Crippen LogP contribution in [0.25, 0.3) is 0 Å². The van der Waals surface area contributed by atoms with Crippen molar-refractivity contribution in [3.05, 3.63) is 0 Å².